The minimum absolute atomic E-state index is 0.414. The van der Waals surface area contributed by atoms with Gasteiger partial charge >= 0.3 is 0 Å². The van der Waals surface area contributed by atoms with Crippen LogP contribution in [0.2, 0.25) is 5.02 Å². The van der Waals surface area contributed by atoms with Crippen molar-refractivity contribution in [2.24, 2.45) is 0 Å². The topological polar surface area (TPSA) is 12.0 Å². The van der Waals surface area contributed by atoms with Gasteiger partial charge in [0.15, 0.2) is 0 Å². The van der Waals surface area contributed by atoms with Gasteiger partial charge in [-0.05, 0) is 18.6 Å². The fourth-order valence-corrected chi connectivity index (χ4v) is 3.10. The molecule has 0 saturated carbocycles. The summed E-state index contributed by atoms with van der Waals surface area (Å²) in [6.45, 7) is 2.22. The van der Waals surface area contributed by atoms with E-state index in [2.05, 4.69) is 18.3 Å². The van der Waals surface area contributed by atoms with Crippen molar-refractivity contribution >= 4 is 23.4 Å². The van der Waals surface area contributed by atoms with Gasteiger partial charge in [0.05, 0.1) is 0 Å². The van der Waals surface area contributed by atoms with Crippen molar-refractivity contribution in [3.8, 4) is 0 Å². The molecule has 0 spiro atoms. The molecule has 0 aliphatic carbocycles. The lowest BCUT2D eigenvalue weighted by Gasteiger charge is -2.29. The molecule has 1 aromatic carbocycles. The van der Waals surface area contributed by atoms with E-state index in [0.717, 1.165) is 10.8 Å². The highest BCUT2D eigenvalue weighted by Gasteiger charge is 2.20. The molecule has 76 valence electrons. The first-order chi connectivity index (χ1) is 6.77. The van der Waals surface area contributed by atoms with Gasteiger partial charge in [0.2, 0.25) is 0 Å². The smallest absolute Gasteiger partial charge is 0.0454 e. The monoisotopic (exact) mass is 227 g/mol. The maximum atomic E-state index is 6.16. The summed E-state index contributed by atoms with van der Waals surface area (Å²) in [5.41, 5.74) is 1.23. The molecule has 0 aromatic heterocycles. The van der Waals surface area contributed by atoms with E-state index in [-0.39, 0.29) is 0 Å². The van der Waals surface area contributed by atoms with Gasteiger partial charge in [-0.3, -0.25) is 0 Å². The Kier molecular flexibility index (Phi) is 3.37. The second kappa shape index (κ2) is 4.56. The molecule has 14 heavy (non-hydrogen) atoms. The van der Waals surface area contributed by atoms with Crippen molar-refractivity contribution in [2.45, 2.75) is 19.0 Å². The highest BCUT2D eigenvalue weighted by atomic mass is 35.5. The molecule has 0 amide bonds. The summed E-state index contributed by atoms with van der Waals surface area (Å²) in [4.78, 5) is 0. The first-order valence-electron chi connectivity index (χ1n) is 4.85. The second-order valence-electron chi connectivity index (χ2n) is 3.68. The lowest BCUT2D eigenvalue weighted by atomic mass is 10.1. The van der Waals surface area contributed by atoms with Gasteiger partial charge in [-0.1, -0.05) is 29.8 Å². The van der Waals surface area contributed by atoms with Crippen LogP contribution in [-0.4, -0.2) is 17.5 Å². The molecule has 1 fully saturated rings. The van der Waals surface area contributed by atoms with E-state index in [0.29, 0.717) is 12.1 Å². The van der Waals surface area contributed by atoms with Gasteiger partial charge in [0.25, 0.3) is 0 Å². The Morgan fingerprint density at radius 1 is 1.36 bits per heavy atom. The summed E-state index contributed by atoms with van der Waals surface area (Å²) >= 11 is 8.15. The van der Waals surface area contributed by atoms with E-state index in [9.17, 15) is 0 Å². The zero-order valence-corrected chi connectivity index (χ0v) is 9.74. The molecule has 2 unspecified atom stereocenters. The highest BCUT2D eigenvalue weighted by molar-refractivity contribution is 7.99. The molecular formula is C11H14ClNS. The summed E-state index contributed by atoms with van der Waals surface area (Å²) < 4.78 is 0. The van der Waals surface area contributed by atoms with Crippen molar-refractivity contribution < 1.29 is 0 Å². The Labute approximate surface area is 94.2 Å². The number of hydrogen-bond donors (Lipinski definition) is 1. The maximum Gasteiger partial charge on any atom is 0.0454 e. The van der Waals surface area contributed by atoms with E-state index in [1.165, 1.54) is 11.3 Å². The van der Waals surface area contributed by atoms with Gasteiger partial charge in [0, 0.05) is 28.6 Å². The largest absolute Gasteiger partial charge is 0.306 e. The van der Waals surface area contributed by atoms with Crippen LogP contribution in [0.15, 0.2) is 24.3 Å². The highest BCUT2D eigenvalue weighted by Crippen LogP contribution is 2.28. The number of thioether (sulfide) groups is 1. The number of rotatable bonds is 1. The van der Waals surface area contributed by atoms with Crippen LogP contribution in [0, 0.1) is 0 Å². The lowest BCUT2D eigenvalue weighted by molar-refractivity contribution is 0.503. The van der Waals surface area contributed by atoms with Crippen LogP contribution in [0.25, 0.3) is 0 Å². The number of halogens is 1. The van der Waals surface area contributed by atoms with Crippen LogP contribution >= 0.6 is 23.4 Å². The first-order valence-corrected chi connectivity index (χ1v) is 6.39. The normalized spacial score (nSPS) is 27.6. The number of hydrogen-bond acceptors (Lipinski definition) is 2. The van der Waals surface area contributed by atoms with Crippen LogP contribution in [0.5, 0.6) is 0 Å². The van der Waals surface area contributed by atoms with Gasteiger partial charge in [-0.25, -0.2) is 0 Å². The van der Waals surface area contributed by atoms with E-state index in [1.807, 2.05) is 30.0 Å². The lowest BCUT2D eigenvalue weighted by Crippen LogP contribution is -2.38. The van der Waals surface area contributed by atoms with E-state index < -0.39 is 0 Å². The zero-order valence-electron chi connectivity index (χ0n) is 8.16. The predicted octanol–water partition coefficient (Wildman–Crippen LogP) is 3.11. The zero-order chi connectivity index (χ0) is 9.97. The summed E-state index contributed by atoms with van der Waals surface area (Å²) in [6, 6.07) is 9.09. The van der Waals surface area contributed by atoms with Crippen LogP contribution < -0.4 is 5.32 Å². The van der Waals surface area contributed by atoms with Crippen molar-refractivity contribution in [3.05, 3.63) is 34.9 Å². The third kappa shape index (κ3) is 2.25. The molecule has 0 radical (unpaired) electrons. The quantitative estimate of drug-likeness (QED) is 0.792. The summed E-state index contributed by atoms with van der Waals surface area (Å²) in [6.07, 6.45) is 0. The molecule has 1 aromatic rings. The number of nitrogens with one attached hydrogen (secondary N) is 1. The standard InChI is InChI=1S/C11H14ClNS/c1-8-6-14-7-11(13-8)9-4-2-3-5-10(9)12/h2-5,8,11,13H,6-7H2,1H3. The van der Waals surface area contributed by atoms with E-state index in [4.69, 9.17) is 11.6 Å². The molecule has 1 N–H and O–H groups in total. The average molecular weight is 228 g/mol. The Morgan fingerprint density at radius 2 is 2.14 bits per heavy atom. The molecular weight excluding hydrogens is 214 g/mol. The molecule has 1 aliphatic rings. The van der Waals surface area contributed by atoms with Crippen molar-refractivity contribution in [3.63, 3.8) is 0 Å². The molecule has 2 atom stereocenters. The Balaban J connectivity index is 2.18. The molecule has 2 rings (SSSR count). The molecule has 3 heteroatoms. The second-order valence-corrected chi connectivity index (χ2v) is 5.16. The summed E-state index contributed by atoms with van der Waals surface area (Å²) in [7, 11) is 0. The van der Waals surface area contributed by atoms with Gasteiger partial charge in [0.1, 0.15) is 0 Å². The molecule has 1 aliphatic heterocycles. The summed E-state index contributed by atoms with van der Waals surface area (Å²) in [5, 5.41) is 4.44. The fraction of sp³-hybridized carbons (Fsp3) is 0.455. The molecule has 1 heterocycles. The SMILES string of the molecule is CC1CSCC(c2ccccc2Cl)N1. The maximum absolute atomic E-state index is 6.16. The van der Waals surface area contributed by atoms with Crippen LogP contribution in [-0.2, 0) is 0 Å². The first kappa shape index (κ1) is 10.3. The molecule has 1 nitrogen and oxygen atoms in total. The van der Waals surface area contributed by atoms with Crippen LogP contribution in [0.1, 0.15) is 18.5 Å². The van der Waals surface area contributed by atoms with Crippen LogP contribution in [0.3, 0.4) is 0 Å². The Bertz CT molecular complexity index is 316. The van der Waals surface area contributed by atoms with Gasteiger partial charge < -0.3 is 5.32 Å². The predicted molar refractivity (Wildman–Crippen MR) is 64.1 cm³/mol. The third-order valence-corrected chi connectivity index (χ3v) is 4.07. The van der Waals surface area contributed by atoms with Gasteiger partial charge in [-0.2, -0.15) is 11.8 Å². The average Bonchev–Trinajstić information content (AvgIpc) is 2.18. The summed E-state index contributed by atoms with van der Waals surface area (Å²) in [5.74, 6) is 2.31. The minimum Gasteiger partial charge on any atom is -0.306 e. The fourth-order valence-electron chi connectivity index (χ4n) is 1.74. The molecule has 0 bridgehead atoms. The van der Waals surface area contributed by atoms with E-state index >= 15 is 0 Å². The van der Waals surface area contributed by atoms with E-state index in [1.54, 1.807) is 0 Å². The van der Waals surface area contributed by atoms with Crippen molar-refractivity contribution in [1.82, 2.24) is 5.32 Å². The van der Waals surface area contributed by atoms with Crippen molar-refractivity contribution in [2.75, 3.05) is 11.5 Å². The number of benzene rings is 1. The Morgan fingerprint density at radius 3 is 2.86 bits per heavy atom. The molecule has 1 saturated heterocycles. The van der Waals surface area contributed by atoms with Crippen LogP contribution in [0.4, 0.5) is 0 Å². The minimum atomic E-state index is 0.414. The van der Waals surface area contributed by atoms with Crippen molar-refractivity contribution in [1.29, 1.82) is 0 Å². The third-order valence-electron chi connectivity index (χ3n) is 2.42. The van der Waals surface area contributed by atoms with Gasteiger partial charge in [-0.15, -0.1) is 0 Å². The Hall–Kier alpha value is -0.180.